The highest BCUT2D eigenvalue weighted by atomic mass is 19.3. The number of carbonyl (C=O) groups is 1. The van der Waals surface area contributed by atoms with Crippen LogP contribution in [0, 0.1) is 13.8 Å². The Bertz CT molecular complexity index is 351. The lowest BCUT2D eigenvalue weighted by Gasteiger charge is -2.09. The molecule has 0 amide bonds. The number of benzene rings is 1. The molecule has 0 aliphatic heterocycles. The molecule has 3 nitrogen and oxygen atoms in total. The maximum absolute atomic E-state index is 11.5. The number of phenols is 1. The summed E-state index contributed by atoms with van der Waals surface area (Å²) < 4.78 is 11.5. The van der Waals surface area contributed by atoms with Crippen molar-refractivity contribution in [1.29, 1.82) is 0 Å². The average Bonchev–Trinajstić information content (AvgIpc) is 2.15. The van der Waals surface area contributed by atoms with E-state index in [9.17, 15) is 14.4 Å². The van der Waals surface area contributed by atoms with E-state index in [4.69, 9.17) is 0 Å². The van der Waals surface area contributed by atoms with Gasteiger partial charge in [0.15, 0.2) is 0 Å². The van der Waals surface area contributed by atoms with Gasteiger partial charge < -0.3 is 5.11 Å². The van der Waals surface area contributed by atoms with Gasteiger partial charge in [0.05, 0.1) is 6.42 Å². The lowest BCUT2D eigenvalue weighted by atomic mass is 9.98. The molecule has 0 aliphatic rings. The first kappa shape index (κ1) is 11.5. The van der Waals surface area contributed by atoms with Crippen LogP contribution in [0.3, 0.4) is 0 Å². The van der Waals surface area contributed by atoms with Gasteiger partial charge in [-0.1, -0.05) is 0 Å². The Hall–Kier alpha value is -1.58. The molecule has 0 spiro atoms. The van der Waals surface area contributed by atoms with Crippen molar-refractivity contribution in [2.75, 3.05) is 0 Å². The highest BCUT2D eigenvalue weighted by Crippen LogP contribution is 2.21. The smallest absolute Gasteiger partial charge is 0.349 e. The fourth-order valence-electron chi connectivity index (χ4n) is 1.63. The number of rotatable bonds is 3. The summed E-state index contributed by atoms with van der Waals surface area (Å²) >= 11 is 0. The summed E-state index contributed by atoms with van der Waals surface area (Å²) in [7, 11) is 0. The molecule has 15 heavy (non-hydrogen) atoms. The predicted octanol–water partition coefficient (Wildman–Crippen LogP) is 2.37. The van der Waals surface area contributed by atoms with E-state index in [2.05, 4.69) is 4.94 Å². The number of phenolic OH excluding ortho intramolecular Hbond substituents is 1. The number of carbonyl (C=O) groups excluding carboxylic acids is 1. The molecule has 1 N–H and O–H groups in total. The quantitative estimate of drug-likeness (QED) is 0.836. The molecule has 0 unspecified atom stereocenters. The third-order valence-corrected chi connectivity index (χ3v) is 2.35. The van der Waals surface area contributed by atoms with Crippen molar-refractivity contribution in [3.63, 3.8) is 0 Å². The highest BCUT2D eigenvalue weighted by Gasteiger charge is 2.09. The van der Waals surface area contributed by atoms with E-state index in [-0.39, 0.29) is 12.2 Å². The van der Waals surface area contributed by atoms with Crippen molar-refractivity contribution in [2.45, 2.75) is 26.7 Å². The van der Waals surface area contributed by atoms with Crippen molar-refractivity contribution < 1.29 is 19.4 Å². The van der Waals surface area contributed by atoms with E-state index in [0.717, 1.165) is 16.7 Å². The lowest BCUT2D eigenvalue weighted by Crippen LogP contribution is -2.02. The van der Waals surface area contributed by atoms with Crippen molar-refractivity contribution in [3.8, 4) is 5.75 Å². The molecule has 0 radical (unpaired) electrons. The molecule has 0 heterocycles. The third kappa shape index (κ3) is 2.94. The summed E-state index contributed by atoms with van der Waals surface area (Å²) in [6.45, 7) is 3.67. The normalized spacial score (nSPS) is 10.1. The van der Waals surface area contributed by atoms with E-state index >= 15 is 0 Å². The Balaban J connectivity index is 2.81. The minimum atomic E-state index is -0.873. The zero-order valence-corrected chi connectivity index (χ0v) is 8.71. The molecule has 0 saturated heterocycles. The number of aryl methyl sites for hydroxylation is 2. The lowest BCUT2D eigenvalue weighted by molar-refractivity contribution is -0.183. The summed E-state index contributed by atoms with van der Waals surface area (Å²) in [6.07, 6.45) is 0.420. The second-order valence-corrected chi connectivity index (χ2v) is 3.51. The minimum absolute atomic E-state index is 0.00293. The first-order valence-electron chi connectivity index (χ1n) is 4.65. The SMILES string of the molecule is Cc1cc(O)cc(C)c1CCC(=O)OF. The Kier molecular flexibility index (Phi) is 3.66. The van der Waals surface area contributed by atoms with Crippen molar-refractivity contribution in [2.24, 2.45) is 0 Å². The maximum atomic E-state index is 11.5. The predicted molar refractivity (Wildman–Crippen MR) is 53.1 cm³/mol. The van der Waals surface area contributed by atoms with E-state index in [0.29, 0.717) is 6.42 Å². The first-order valence-corrected chi connectivity index (χ1v) is 4.65. The molecule has 1 aromatic carbocycles. The Morgan fingerprint density at radius 2 is 1.93 bits per heavy atom. The summed E-state index contributed by atoms with van der Waals surface area (Å²) in [5.41, 5.74) is 2.72. The Morgan fingerprint density at radius 3 is 2.40 bits per heavy atom. The molecule has 1 aromatic rings. The largest absolute Gasteiger partial charge is 0.508 e. The molecule has 0 bridgehead atoms. The van der Waals surface area contributed by atoms with Gasteiger partial charge in [0.1, 0.15) is 5.75 Å². The zero-order chi connectivity index (χ0) is 11.4. The zero-order valence-electron chi connectivity index (χ0n) is 8.71. The van der Waals surface area contributed by atoms with Gasteiger partial charge in [-0.05, 0) is 49.1 Å². The Morgan fingerprint density at radius 1 is 1.40 bits per heavy atom. The summed E-state index contributed by atoms with van der Waals surface area (Å²) in [4.78, 5) is 13.7. The van der Waals surface area contributed by atoms with Gasteiger partial charge in [-0.25, -0.2) is 4.79 Å². The average molecular weight is 212 g/mol. The number of aromatic hydroxyl groups is 1. The molecular weight excluding hydrogens is 199 g/mol. The first-order chi connectivity index (χ1) is 7.04. The molecule has 4 heteroatoms. The fourth-order valence-corrected chi connectivity index (χ4v) is 1.63. The topological polar surface area (TPSA) is 46.5 Å². The van der Waals surface area contributed by atoms with Crippen LogP contribution in [0.15, 0.2) is 12.1 Å². The molecule has 0 aliphatic carbocycles. The van der Waals surface area contributed by atoms with Crippen LogP contribution in [-0.4, -0.2) is 11.1 Å². The van der Waals surface area contributed by atoms with Crippen LogP contribution in [0.2, 0.25) is 0 Å². The molecular formula is C11H13FO3. The van der Waals surface area contributed by atoms with Crippen molar-refractivity contribution in [1.82, 2.24) is 0 Å². The second kappa shape index (κ2) is 4.77. The Labute approximate surface area is 87.4 Å². The maximum Gasteiger partial charge on any atom is 0.349 e. The van der Waals surface area contributed by atoms with E-state index < -0.39 is 5.97 Å². The number of hydrogen-bond acceptors (Lipinski definition) is 3. The molecule has 82 valence electrons. The van der Waals surface area contributed by atoms with E-state index in [1.807, 2.05) is 13.8 Å². The van der Waals surface area contributed by atoms with Crippen LogP contribution in [0.5, 0.6) is 5.75 Å². The summed E-state index contributed by atoms with van der Waals surface area (Å²) in [5.74, 6) is -0.677. The highest BCUT2D eigenvalue weighted by molar-refractivity contribution is 5.69. The van der Waals surface area contributed by atoms with Crippen LogP contribution in [0.4, 0.5) is 4.53 Å². The van der Waals surface area contributed by atoms with E-state index in [1.54, 1.807) is 12.1 Å². The van der Waals surface area contributed by atoms with Crippen LogP contribution < -0.4 is 0 Å². The number of hydrogen-bond donors (Lipinski definition) is 1. The number of halogens is 1. The minimum Gasteiger partial charge on any atom is -0.508 e. The van der Waals surface area contributed by atoms with Gasteiger partial charge in [0.2, 0.25) is 0 Å². The van der Waals surface area contributed by atoms with Gasteiger partial charge >= 0.3 is 5.97 Å². The third-order valence-electron chi connectivity index (χ3n) is 2.35. The molecule has 0 aromatic heterocycles. The van der Waals surface area contributed by atoms with Crippen LogP contribution in [0.25, 0.3) is 0 Å². The molecule has 0 fully saturated rings. The van der Waals surface area contributed by atoms with Gasteiger partial charge in [-0.2, -0.15) is 0 Å². The van der Waals surface area contributed by atoms with Gasteiger partial charge in [-0.3, -0.25) is 4.94 Å². The second-order valence-electron chi connectivity index (χ2n) is 3.51. The summed E-state index contributed by atoms with van der Waals surface area (Å²) in [6, 6.07) is 3.23. The van der Waals surface area contributed by atoms with Crippen molar-refractivity contribution >= 4 is 5.97 Å². The van der Waals surface area contributed by atoms with Crippen LogP contribution in [0.1, 0.15) is 23.1 Å². The molecule has 0 atom stereocenters. The van der Waals surface area contributed by atoms with Gasteiger partial charge in [0.25, 0.3) is 0 Å². The van der Waals surface area contributed by atoms with Gasteiger partial charge in [0, 0.05) is 4.53 Å². The van der Waals surface area contributed by atoms with Crippen LogP contribution in [-0.2, 0) is 16.2 Å². The molecule has 1 rings (SSSR count). The van der Waals surface area contributed by atoms with Crippen molar-refractivity contribution in [3.05, 3.63) is 28.8 Å². The van der Waals surface area contributed by atoms with Crippen LogP contribution >= 0.6 is 0 Å². The monoisotopic (exact) mass is 212 g/mol. The van der Waals surface area contributed by atoms with E-state index in [1.165, 1.54) is 0 Å². The fraction of sp³-hybridized carbons (Fsp3) is 0.364. The standard InChI is InChI=1S/C11H13FO3/c1-7-5-9(13)6-8(2)10(7)3-4-11(14)15-12/h5-6,13H,3-4H2,1-2H3. The molecule has 0 saturated carbocycles. The summed E-state index contributed by atoms with van der Waals surface area (Å²) in [5, 5.41) is 9.29. The van der Waals surface area contributed by atoms with Gasteiger partial charge in [-0.15, -0.1) is 0 Å².